The molecule has 2 aromatic rings. The second-order valence-electron chi connectivity index (χ2n) is 4.38. The molecule has 0 atom stereocenters. The zero-order chi connectivity index (χ0) is 17.0. The molecular weight excluding hydrogens is 389 g/mol. The third-order valence-electron chi connectivity index (χ3n) is 2.61. The number of carbonyl (C=O) groups is 1. The normalized spacial score (nSPS) is 11.4. The summed E-state index contributed by atoms with van der Waals surface area (Å²) < 4.78 is 29.5. The first-order valence-electron chi connectivity index (χ1n) is 6.13. The van der Waals surface area contributed by atoms with Gasteiger partial charge in [-0.2, -0.15) is 0 Å². The Hall–Kier alpha value is -1.35. The van der Waals surface area contributed by atoms with Crippen LogP contribution in [0.2, 0.25) is 10.0 Å². The summed E-state index contributed by atoms with van der Waals surface area (Å²) in [6.45, 7) is -0.110. The van der Waals surface area contributed by atoms with Crippen molar-refractivity contribution < 1.29 is 17.6 Å². The van der Waals surface area contributed by atoms with Crippen LogP contribution in [-0.4, -0.2) is 30.4 Å². The van der Waals surface area contributed by atoms with E-state index in [0.717, 1.165) is 0 Å². The fourth-order valence-electron chi connectivity index (χ4n) is 1.57. The molecule has 7 nitrogen and oxygen atoms in total. The van der Waals surface area contributed by atoms with Gasteiger partial charge in [0.05, 0.1) is 22.3 Å². The summed E-state index contributed by atoms with van der Waals surface area (Å²) in [5, 5.41) is 9.45. The number of halogens is 3. The van der Waals surface area contributed by atoms with Crippen LogP contribution in [0.3, 0.4) is 0 Å². The van der Waals surface area contributed by atoms with Gasteiger partial charge >= 0.3 is 5.22 Å². The first-order valence-corrected chi connectivity index (χ1v) is 9.08. The van der Waals surface area contributed by atoms with Crippen molar-refractivity contribution in [3.8, 4) is 0 Å². The molecule has 1 heterocycles. The summed E-state index contributed by atoms with van der Waals surface area (Å²) in [4.78, 5) is 11.0. The summed E-state index contributed by atoms with van der Waals surface area (Å²) >= 11 is 16.9. The highest BCUT2D eigenvalue weighted by Crippen LogP contribution is 2.24. The second kappa shape index (κ2) is 7.48. The standard InChI is InChI=1S/C12H10Cl3N3O4S/c13-4-10(19)16-5-11-17-18-12(22-11)23(20,21)6-7-1-2-8(14)9(15)3-7/h1-3H,4-6H2,(H,16,19). The molecule has 0 unspecified atom stereocenters. The Kier molecular flexibility index (Phi) is 5.85. The van der Waals surface area contributed by atoms with E-state index in [9.17, 15) is 13.2 Å². The number of nitrogens with zero attached hydrogens (tertiary/aromatic N) is 2. The van der Waals surface area contributed by atoms with Crippen molar-refractivity contribution >= 4 is 50.5 Å². The van der Waals surface area contributed by atoms with Crippen molar-refractivity contribution in [2.75, 3.05) is 5.88 Å². The van der Waals surface area contributed by atoms with E-state index >= 15 is 0 Å². The van der Waals surface area contributed by atoms with Gasteiger partial charge in [0.25, 0.3) is 0 Å². The van der Waals surface area contributed by atoms with Crippen LogP contribution in [0.25, 0.3) is 0 Å². The molecule has 0 bridgehead atoms. The Morgan fingerprint density at radius 3 is 2.61 bits per heavy atom. The topological polar surface area (TPSA) is 102 Å². The van der Waals surface area contributed by atoms with E-state index in [2.05, 4.69) is 15.5 Å². The number of nitrogens with one attached hydrogen (secondary N) is 1. The number of hydrogen-bond donors (Lipinski definition) is 1. The molecule has 124 valence electrons. The number of rotatable bonds is 6. The van der Waals surface area contributed by atoms with Crippen LogP contribution >= 0.6 is 34.8 Å². The van der Waals surface area contributed by atoms with E-state index in [0.29, 0.717) is 10.6 Å². The van der Waals surface area contributed by atoms with Crippen molar-refractivity contribution in [2.45, 2.75) is 17.5 Å². The van der Waals surface area contributed by atoms with E-state index in [1.165, 1.54) is 18.2 Å². The van der Waals surface area contributed by atoms with Crippen molar-refractivity contribution in [3.63, 3.8) is 0 Å². The minimum atomic E-state index is -3.85. The minimum Gasteiger partial charge on any atom is -0.411 e. The number of benzene rings is 1. The molecule has 0 fully saturated rings. The second-order valence-corrected chi connectivity index (χ2v) is 7.33. The summed E-state index contributed by atoms with van der Waals surface area (Å²) in [6.07, 6.45) is 0. The summed E-state index contributed by atoms with van der Waals surface area (Å²) in [7, 11) is -3.85. The largest absolute Gasteiger partial charge is 0.411 e. The lowest BCUT2D eigenvalue weighted by Gasteiger charge is -2.02. The molecular formula is C12H10Cl3N3O4S. The molecule has 0 radical (unpaired) electrons. The van der Waals surface area contributed by atoms with E-state index in [4.69, 9.17) is 39.2 Å². The Labute approximate surface area is 146 Å². The molecule has 0 saturated carbocycles. The van der Waals surface area contributed by atoms with Crippen molar-refractivity contribution in [1.82, 2.24) is 15.5 Å². The summed E-state index contributed by atoms with van der Waals surface area (Å²) in [5.41, 5.74) is 0.426. The quantitative estimate of drug-likeness (QED) is 0.748. The smallest absolute Gasteiger partial charge is 0.335 e. The van der Waals surface area contributed by atoms with Crippen LogP contribution < -0.4 is 5.32 Å². The summed E-state index contributed by atoms with van der Waals surface area (Å²) in [5.74, 6) is -1.09. The fraction of sp³-hybridized carbons (Fsp3) is 0.250. The zero-order valence-corrected chi connectivity index (χ0v) is 14.5. The minimum absolute atomic E-state index is 0.0452. The van der Waals surface area contributed by atoms with Crippen LogP contribution in [0, 0.1) is 0 Å². The lowest BCUT2D eigenvalue weighted by Crippen LogP contribution is -2.23. The maximum absolute atomic E-state index is 12.2. The maximum atomic E-state index is 12.2. The molecule has 0 aliphatic carbocycles. The number of sulfone groups is 1. The third kappa shape index (κ3) is 4.81. The SMILES string of the molecule is O=C(CCl)NCc1nnc(S(=O)(=O)Cc2ccc(Cl)c(Cl)c2)o1. The lowest BCUT2D eigenvalue weighted by atomic mass is 10.2. The number of carbonyl (C=O) groups excluding carboxylic acids is 1. The molecule has 11 heteroatoms. The van der Waals surface area contributed by atoms with Gasteiger partial charge in [0.1, 0.15) is 5.88 Å². The molecule has 1 aromatic carbocycles. The average Bonchev–Trinajstić information content (AvgIpc) is 2.98. The van der Waals surface area contributed by atoms with Crippen LogP contribution in [0.5, 0.6) is 0 Å². The van der Waals surface area contributed by atoms with Gasteiger partial charge < -0.3 is 9.73 Å². The van der Waals surface area contributed by atoms with Gasteiger partial charge in [0.15, 0.2) is 0 Å². The molecule has 0 aliphatic rings. The highest BCUT2D eigenvalue weighted by Gasteiger charge is 2.23. The summed E-state index contributed by atoms with van der Waals surface area (Å²) in [6, 6.07) is 4.47. The van der Waals surface area contributed by atoms with Gasteiger partial charge in [-0.15, -0.1) is 16.7 Å². The molecule has 1 amide bonds. The Balaban J connectivity index is 2.11. The predicted octanol–water partition coefficient (Wildman–Crippen LogP) is 2.21. The first-order chi connectivity index (χ1) is 10.8. The van der Waals surface area contributed by atoms with Gasteiger partial charge in [-0.05, 0) is 17.7 Å². The number of hydrogen-bond acceptors (Lipinski definition) is 6. The molecule has 2 rings (SSSR count). The van der Waals surface area contributed by atoms with Crippen molar-refractivity contribution in [3.05, 3.63) is 39.7 Å². The lowest BCUT2D eigenvalue weighted by molar-refractivity contribution is -0.118. The predicted molar refractivity (Wildman–Crippen MR) is 84.2 cm³/mol. The number of alkyl halides is 1. The fourth-order valence-corrected chi connectivity index (χ4v) is 3.11. The van der Waals surface area contributed by atoms with Crippen molar-refractivity contribution in [1.29, 1.82) is 0 Å². The maximum Gasteiger partial charge on any atom is 0.335 e. The average molecular weight is 399 g/mol. The molecule has 0 aliphatic heterocycles. The number of aromatic nitrogens is 2. The van der Waals surface area contributed by atoms with E-state index in [1.54, 1.807) is 0 Å². The van der Waals surface area contributed by atoms with Gasteiger partial charge in [0, 0.05) is 0 Å². The molecule has 0 spiro atoms. The Morgan fingerprint density at radius 2 is 1.96 bits per heavy atom. The van der Waals surface area contributed by atoms with Crippen LogP contribution in [-0.2, 0) is 26.9 Å². The Morgan fingerprint density at radius 1 is 1.22 bits per heavy atom. The molecule has 23 heavy (non-hydrogen) atoms. The van der Waals surface area contributed by atoms with Crippen LogP contribution in [0.4, 0.5) is 0 Å². The Bertz CT molecular complexity index is 823. The third-order valence-corrected chi connectivity index (χ3v) is 5.01. The zero-order valence-electron chi connectivity index (χ0n) is 11.4. The van der Waals surface area contributed by atoms with Gasteiger partial charge in [0.2, 0.25) is 21.6 Å². The van der Waals surface area contributed by atoms with E-state index in [-0.39, 0.29) is 29.1 Å². The van der Waals surface area contributed by atoms with Gasteiger partial charge in [-0.1, -0.05) is 34.4 Å². The number of amides is 1. The monoisotopic (exact) mass is 397 g/mol. The molecule has 1 N–H and O–H groups in total. The van der Waals surface area contributed by atoms with Gasteiger partial charge in [-0.25, -0.2) is 8.42 Å². The highest BCUT2D eigenvalue weighted by molar-refractivity contribution is 7.90. The van der Waals surface area contributed by atoms with Crippen LogP contribution in [0.1, 0.15) is 11.5 Å². The van der Waals surface area contributed by atoms with E-state index in [1.807, 2.05) is 0 Å². The first kappa shape index (κ1) is 18.0. The molecule has 1 aromatic heterocycles. The van der Waals surface area contributed by atoms with E-state index < -0.39 is 21.0 Å². The van der Waals surface area contributed by atoms with Gasteiger partial charge in [-0.3, -0.25) is 4.79 Å². The highest BCUT2D eigenvalue weighted by atomic mass is 35.5. The molecule has 0 saturated heterocycles. The van der Waals surface area contributed by atoms with Crippen LogP contribution in [0.15, 0.2) is 27.8 Å². The van der Waals surface area contributed by atoms with Crippen molar-refractivity contribution in [2.24, 2.45) is 0 Å².